The molecular weight excluding hydrogens is 262 g/mol. The maximum Gasteiger partial charge on any atom is 0.259 e. The maximum atomic E-state index is 12.1. The van der Waals surface area contributed by atoms with E-state index in [4.69, 9.17) is 0 Å². The first-order valence-corrected chi connectivity index (χ1v) is 7.53. The molecule has 1 aromatic heterocycles. The van der Waals surface area contributed by atoms with Crippen molar-refractivity contribution in [1.82, 2.24) is 14.3 Å². The lowest BCUT2D eigenvalue weighted by atomic mass is 10.1. The number of hydrogen-bond donors (Lipinski definition) is 1. The highest BCUT2D eigenvalue weighted by Crippen LogP contribution is 2.11. The SMILES string of the molecule is CN(CCCc1ccccc1)S(=O)(=O)c1cnc[nH]1. The molecule has 2 rings (SSSR count). The van der Waals surface area contributed by atoms with Gasteiger partial charge in [-0.2, -0.15) is 4.31 Å². The second kappa shape index (κ2) is 5.99. The third-order valence-electron chi connectivity index (χ3n) is 2.94. The smallest absolute Gasteiger partial charge is 0.259 e. The molecule has 5 nitrogen and oxygen atoms in total. The molecule has 102 valence electrons. The number of H-pyrrole nitrogens is 1. The Labute approximate surface area is 113 Å². The van der Waals surface area contributed by atoms with Gasteiger partial charge in [-0.25, -0.2) is 13.4 Å². The predicted octanol–water partition coefficient (Wildman–Crippen LogP) is 1.66. The summed E-state index contributed by atoms with van der Waals surface area (Å²) in [5, 5.41) is 0.134. The van der Waals surface area contributed by atoms with Crippen LogP contribution in [0.2, 0.25) is 0 Å². The zero-order valence-electron chi connectivity index (χ0n) is 10.8. The van der Waals surface area contributed by atoms with E-state index in [1.165, 1.54) is 22.4 Å². The van der Waals surface area contributed by atoms with Gasteiger partial charge in [0.2, 0.25) is 0 Å². The van der Waals surface area contributed by atoms with Crippen molar-refractivity contribution >= 4 is 10.0 Å². The third-order valence-corrected chi connectivity index (χ3v) is 4.72. The molecule has 0 amide bonds. The second-order valence-electron chi connectivity index (χ2n) is 4.33. The van der Waals surface area contributed by atoms with Crippen LogP contribution >= 0.6 is 0 Å². The standard InChI is InChI=1S/C13H17N3O2S/c1-16(19(17,18)13-10-14-11-15-13)9-5-8-12-6-3-2-4-7-12/h2-4,6-7,10-11H,5,8-9H2,1H3,(H,14,15). The van der Waals surface area contributed by atoms with Gasteiger partial charge in [-0.05, 0) is 18.4 Å². The monoisotopic (exact) mass is 279 g/mol. The Morgan fingerprint density at radius 2 is 2.00 bits per heavy atom. The Bertz CT molecular complexity index is 594. The van der Waals surface area contributed by atoms with Crippen LogP contribution in [0.3, 0.4) is 0 Å². The molecule has 0 fully saturated rings. The highest BCUT2D eigenvalue weighted by atomic mass is 32.2. The highest BCUT2D eigenvalue weighted by Gasteiger charge is 2.21. The molecule has 0 spiro atoms. The number of sulfonamides is 1. The number of hydrogen-bond acceptors (Lipinski definition) is 3. The molecule has 0 aliphatic heterocycles. The molecule has 1 aromatic carbocycles. The Morgan fingerprint density at radius 3 is 2.63 bits per heavy atom. The summed E-state index contributed by atoms with van der Waals surface area (Å²) >= 11 is 0. The van der Waals surface area contributed by atoms with Crippen molar-refractivity contribution in [3.05, 3.63) is 48.4 Å². The van der Waals surface area contributed by atoms with E-state index in [1.54, 1.807) is 7.05 Å². The number of rotatable bonds is 6. The van der Waals surface area contributed by atoms with Crippen molar-refractivity contribution in [2.24, 2.45) is 0 Å². The second-order valence-corrected chi connectivity index (χ2v) is 6.34. The van der Waals surface area contributed by atoms with Crippen LogP contribution in [0.15, 0.2) is 47.9 Å². The summed E-state index contributed by atoms with van der Waals surface area (Å²) in [5.74, 6) is 0. The van der Waals surface area contributed by atoms with Crippen LogP contribution in [-0.4, -0.2) is 36.3 Å². The van der Waals surface area contributed by atoms with Gasteiger partial charge in [0, 0.05) is 13.6 Å². The van der Waals surface area contributed by atoms with E-state index in [-0.39, 0.29) is 5.03 Å². The van der Waals surface area contributed by atoms with Gasteiger partial charge in [0.15, 0.2) is 5.03 Å². The summed E-state index contributed by atoms with van der Waals surface area (Å²) in [6.07, 6.45) is 4.34. The van der Waals surface area contributed by atoms with Gasteiger partial charge in [-0.15, -0.1) is 0 Å². The van der Waals surface area contributed by atoms with Crippen LogP contribution in [0.1, 0.15) is 12.0 Å². The summed E-state index contributed by atoms with van der Waals surface area (Å²) in [6.45, 7) is 0.482. The average Bonchev–Trinajstić information content (AvgIpc) is 2.94. The first-order valence-electron chi connectivity index (χ1n) is 6.09. The fraction of sp³-hybridized carbons (Fsp3) is 0.308. The van der Waals surface area contributed by atoms with Crippen molar-refractivity contribution in [3.63, 3.8) is 0 Å². The van der Waals surface area contributed by atoms with Crippen LogP contribution in [0, 0.1) is 0 Å². The van der Waals surface area contributed by atoms with Gasteiger partial charge in [-0.3, -0.25) is 0 Å². The molecule has 0 radical (unpaired) electrons. The van der Waals surface area contributed by atoms with E-state index in [9.17, 15) is 8.42 Å². The van der Waals surface area contributed by atoms with Gasteiger partial charge in [0.1, 0.15) is 0 Å². The summed E-state index contributed by atoms with van der Waals surface area (Å²) in [6, 6.07) is 10.0. The molecule has 2 aromatic rings. The van der Waals surface area contributed by atoms with Crippen molar-refractivity contribution < 1.29 is 8.42 Å². The quantitative estimate of drug-likeness (QED) is 0.874. The predicted molar refractivity (Wildman–Crippen MR) is 73.2 cm³/mol. The van der Waals surface area contributed by atoms with E-state index in [2.05, 4.69) is 9.97 Å². The lowest BCUT2D eigenvalue weighted by Crippen LogP contribution is -2.28. The fourth-order valence-corrected chi connectivity index (χ4v) is 2.92. The number of nitrogens with zero attached hydrogens (tertiary/aromatic N) is 2. The van der Waals surface area contributed by atoms with Crippen LogP contribution in [0.5, 0.6) is 0 Å². The molecule has 0 aliphatic rings. The van der Waals surface area contributed by atoms with E-state index in [0.717, 1.165) is 12.8 Å². The van der Waals surface area contributed by atoms with E-state index in [0.29, 0.717) is 6.54 Å². The lowest BCUT2D eigenvalue weighted by Gasteiger charge is -2.15. The molecule has 0 aliphatic carbocycles. The zero-order valence-corrected chi connectivity index (χ0v) is 11.6. The number of aryl methyl sites for hydroxylation is 1. The summed E-state index contributed by atoms with van der Waals surface area (Å²) in [4.78, 5) is 6.36. The van der Waals surface area contributed by atoms with Gasteiger partial charge in [-0.1, -0.05) is 30.3 Å². The molecule has 0 unspecified atom stereocenters. The third kappa shape index (κ3) is 3.42. The Balaban J connectivity index is 1.90. The molecule has 0 saturated carbocycles. The first kappa shape index (κ1) is 13.8. The number of nitrogens with one attached hydrogen (secondary N) is 1. The minimum absolute atomic E-state index is 0.134. The Morgan fingerprint density at radius 1 is 1.26 bits per heavy atom. The van der Waals surface area contributed by atoms with Crippen molar-refractivity contribution in [2.75, 3.05) is 13.6 Å². The van der Waals surface area contributed by atoms with Gasteiger partial charge < -0.3 is 4.98 Å². The van der Waals surface area contributed by atoms with E-state index >= 15 is 0 Å². The Hall–Kier alpha value is -1.66. The molecule has 1 N–H and O–H groups in total. The molecule has 19 heavy (non-hydrogen) atoms. The normalized spacial score (nSPS) is 11.9. The average molecular weight is 279 g/mol. The number of benzene rings is 1. The summed E-state index contributed by atoms with van der Waals surface area (Å²) in [5.41, 5.74) is 1.22. The molecule has 0 bridgehead atoms. The highest BCUT2D eigenvalue weighted by molar-refractivity contribution is 7.89. The van der Waals surface area contributed by atoms with Crippen LogP contribution in [0.25, 0.3) is 0 Å². The van der Waals surface area contributed by atoms with Gasteiger partial charge in [0.25, 0.3) is 10.0 Å². The van der Waals surface area contributed by atoms with Gasteiger partial charge in [0.05, 0.1) is 12.5 Å². The largest absolute Gasteiger partial charge is 0.335 e. The van der Waals surface area contributed by atoms with Crippen LogP contribution in [0.4, 0.5) is 0 Å². The molecule has 1 heterocycles. The van der Waals surface area contributed by atoms with Gasteiger partial charge >= 0.3 is 0 Å². The Kier molecular flexibility index (Phi) is 4.34. The molecular formula is C13H17N3O2S. The maximum absolute atomic E-state index is 12.1. The molecule has 6 heteroatoms. The van der Waals surface area contributed by atoms with Crippen molar-refractivity contribution in [2.45, 2.75) is 17.9 Å². The number of imidazole rings is 1. The lowest BCUT2D eigenvalue weighted by molar-refractivity contribution is 0.459. The van der Waals surface area contributed by atoms with Crippen LogP contribution < -0.4 is 0 Å². The van der Waals surface area contributed by atoms with E-state index < -0.39 is 10.0 Å². The fourth-order valence-electron chi connectivity index (χ4n) is 1.82. The molecule has 0 saturated heterocycles. The van der Waals surface area contributed by atoms with Crippen molar-refractivity contribution in [3.8, 4) is 0 Å². The number of aromatic amines is 1. The zero-order chi connectivity index (χ0) is 13.7. The summed E-state index contributed by atoms with van der Waals surface area (Å²) < 4.78 is 25.5. The minimum Gasteiger partial charge on any atom is -0.335 e. The number of aromatic nitrogens is 2. The first-order chi connectivity index (χ1) is 9.10. The minimum atomic E-state index is -3.43. The summed E-state index contributed by atoms with van der Waals surface area (Å²) in [7, 11) is -1.85. The van der Waals surface area contributed by atoms with E-state index in [1.807, 2.05) is 30.3 Å². The van der Waals surface area contributed by atoms with Crippen molar-refractivity contribution in [1.29, 1.82) is 0 Å². The topological polar surface area (TPSA) is 66.1 Å². The van der Waals surface area contributed by atoms with Crippen LogP contribution in [-0.2, 0) is 16.4 Å². The molecule has 0 atom stereocenters.